The molecule has 1 aromatic heterocycles. The van der Waals surface area contributed by atoms with Gasteiger partial charge in [0, 0.05) is 35.5 Å². The van der Waals surface area contributed by atoms with Crippen LogP contribution in [0.4, 0.5) is 11.4 Å². The van der Waals surface area contributed by atoms with Crippen molar-refractivity contribution in [1.82, 2.24) is 0 Å². The molecule has 0 spiro atoms. The Hall–Kier alpha value is -3.56. The lowest BCUT2D eigenvalue weighted by molar-refractivity contribution is -0.137. The number of methoxy groups -OCH3 is 1. The van der Waals surface area contributed by atoms with Crippen LogP contribution in [0, 0.1) is 11.3 Å². The van der Waals surface area contributed by atoms with E-state index in [-0.39, 0.29) is 12.3 Å². The van der Waals surface area contributed by atoms with E-state index in [9.17, 15) is 9.90 Å². The summed E-state index contributed by atoms with van der Waals surface area (Å²) in [4.78, 5) is 11.2. The van der Waals surface area contributed by atoms with E-state index in [0.29, 0.717) is 12.2 Å². The van der Waals surface area contributed by atoms with E-state index in [1.807, 2.05) is 36.4 Å². The van der Waals surface area contributed by atoms with Gasteiger partial charge in [0.25, 0.3) is 0 Å². The second-order valence-electron chi connectivity index (χ2n) is 6.38. The summed E-state index contributed by atoms with van der Waals surface area (Å²) in [6, 6.07) is 16.9. The predicted molar refractivity (Wildman–Crippen MR) is 105 cm³/mol. The summed E-state index contributed by atoms with van der Waals surface area (Å²) in [5, 5.41) is 21.6. The fourth-order valence-electron chi connectivity index (χ4n) is 3.06. The van der Waals surface area contributed by atoms with Gasteiger partial charge in [0.1, 0.15) is 0 Å². The van der Waals surface area contributed by atoms with E-state index in [1.165, 1.54) is 0 Å². The molecule has 6 nitrogen and oxygen atoms in total. The van der Waals surface area contributed by atoms with E-state index >= 15 is 0 Å². The van der Waals surface area contributed by atoms with Crippen molar-refractivity contribution in [2.75, 3.05) is 19.0 Å². The molecule has 0 saturated carbocycles. The molecule has 1 atom stereocenters. The van der Waals surface area contributed by atoms with Gasteiger partial charge in [0.2, 0.25) is 0 Å². The molecule has 2 aromatic carbocycles. The van der Waals surface area contributed by atoms with Gasteiger partial charge in [-0.2, -0.15) is 5.26 Å². The monoisotopic (exact) mass is 376 g/mol. The van der Waals surface area contributed by atoms with Crippen molar-refractivity contribution in [3.8, 4) is 17.2 Å². The van der Waals surface area contributed by atoms with Gasteiger partial charge in [-0.05, 0) is 42.0 Å². The Morgan fingerprint density at radius 3 is 2.64 bits per heavy atom. The lowest BCUT2D eigenvalue weighted by atomic mass is 9.93. The van der Waals surface area contributed by atoms with Gasteiger partial charge in [-0.3, -0.25) is 4.79 Å². The molecule has 0 amide bonds. The quantitative estimate of drug-likeness (QED) is 0.588. The summed E-state index contributed by atoms with van der Waals surface area (Å²) in [7, 11) is 1.56. The molecule has 0 aliphatic heterocycles. The van der Waals surface area contributed by atoms with Crippen molar-refractivity contribution < 1.29 is 19.1 Å². The highest BCUT2D eigenvalue weighted by molar-refractivity contribution is 5.81. The maximum absolute atomic E-state index is 11.2. The van der Waals surface area contributed by atoms with E-state index in [1.54, 1.807) is 31.8 Å². The zero-order valence-corrected chi connectivity index (χ0v) is 15.4. The molecule has 1 heterocycles. The highest BCUT2D eigenvalue weighted by atomic mass is 16.5. The number of carboxylic acid groups (broad SMARTS) is 1. The van der Waals surface area contributed by atoms with Gasteiger partial charge < -0.3 is 19.6 Å². The number of ether oxygens (including phenoxy) is 1. The van der Waals surface area contributed by atoms with Crippen LogP contribution < -0.4 is 5.32 Å². The number of hydrogen-bond donors (Lipinski definition) is 2. The number of hydrogen-bond acceptors (Lipinski definition) is 5. The van der Waals surface area contributed by atoms with Crippen molar-refractivity contribution in [2.24, 2.45) is 0 Å². The van der Waals surface area contributed by atoms with Crippen LogP contribution in [-0.2, 0) is 9.53 Å². The summed E-state index contributed by atoms with van der Waals surface area (Å²) < 4.78 is 10.4. The molecule has 1 unspecified atom stereocenters. The molecule has 3 rings (SSSR count). The first-order valence-corrected chi connectivity index (χ1v) is 8.75. The minimum absolute atomic E-state index is 0.0186. The highest BCUT2D eigenvalue weighted by Gasteiger charge is 2.18. The molecule has 0 aliphatic carbocycles. The molecular formula is C22H20N2O4. The number of carbonyl (C=O) groups is 1. The van der Waals surface area contributed by atoms with Gasteiger partial charge >= 0.3 is 5.97 Å². The molecule has 142 valence electrons. The first-order valence-electron chi connectivity index (χ1n) is 8.75. The zero-order valence-electron chi connectivity index (χ0n) is 15.4. The highest BCUT2D eigenvalue weighted by Crippen LogP contribution is 2.34. The molecule has 0 fully saturated rings. The minimum Gasteiger partial charge on any atom is -0.481 e. The molecular weight excluding hydrogens is 356 g/mol. The summed E-state index contributed by atoms with van der Waals surface area (Å²) in [5.74, 6) is -1.13. The van der Waals surface area contributed by atoms with Crippen molar-refractivity contribution in [1.29, 1.82) is 5.26 Å². The Morgan fingerprint density at radius 1 is 1.25 bits per heavy atom. The third kappa shape index (κ3) is 4.58. The maximum Gasteiger partial charge on any atom is 0.304 e. The van der Waals surface area contributed by atoms with Gasteiger partial charge in [-0.15, -0.1) is 0 Å². The first-order chi connectivity index (χ1) is 13.6. The Balaban J connectivity index is 2.00. The van der Waals surface area contributed by atoms with E-state index in [0.717, 1.165) is 28.1 Å². The number of nitriles is 1. The molecule has 0 bridgehead atoms. The summed E-state index contributed by atoms with van der Waals surface area (Å²) >= 11 is 0. The van der Waals surface area contributed by atoms with Gasteiger partial charge in [0.15, 0.2) is 0 Å². The molecule has 3 aromatic rings. The largest absolute Gasteiger partial charge is 0.481 e. The molecule has 2 N–H and O–H groups in total. The van der Waals surface area contributed by atoms with Crippen LogP contribution in [0.2, 0.25) is 0 Å². The van der Waals surface area contributed by atoms with Crippen LogP contribution in [0.3, 0.4) is 0 Å². The average Bonchev–Trinajstić information content (AvgIpc) is 3.22. The topological polar surface area (TPSA) is 95.5 Å². The molecule has 0 aliphatic rings. The summed E-state index contributed by atoms with van der Waals surface area (Å²) in [6.45, 7) is 0.313. The van der Waals surface area contributed by atoms with Gasteiger partial charge in [-0.1, -0.05) is 12.1 Å². The molecule has 6 heteroatoms. The fraction of sp³-hybridized carbons (Fsp3) is 0.182. The second kappa shape index (κ2) is 8.89. The summed E-state index contributed by atoms with van der Waals surface area (Å²) in [5.41, 5.74) is 4.92. The van der Waals surface area contributed by atoms with Crippen molar-refractivity contribution in [3.63, 3.8) is 0 Å². The van der Waals surface area contributed by atoms with Crippen molar-refractivity contribution >= 4 is 17.3 Å². The van der Waals surface area contributed by atoms with E-state index in [4.69, 9.17) is 14.4 Å². The number of nitrogens with one attached hydrogen (secondary N) is 1. The Bertz CT molecular complexity index is 973. The number of nitrogens with zero attached hydrogens (tertiary/aromatic N) is 1. The van der Waals surface area contributed by atoms with Crippen LogP contribution in [0.15, 0.2) is 65.5 Å². The third-order valence-electron chi connectivity index (χ3n) is 4.43. The van der Waals surface area contributed by atoms with Crippen molar-refractivity contribution in [2.45, 2.75) is 12.3 Å². The van der Waals surface area contributed by atoms with E-state index in [2.05, 4.69) is 11.4 Å². The Morgan fingerprint density at radius 2 is 2.04 bits per heavy atom. The number of aliphatic carboxylic acids is 1. The number of rotatable bonds is 8. The van der Waals surface area contributed by atoms with Gasteiger partial charge in [0.05, 0.1) is 37.2 Å². The number of furan rings is 1. The van der Waals surface area contributed by atoms with Crippen LogP contribution in [0.1, 0.15) is 23.5 Å². The van der Waals surface area contributed by atoms with E-state index < -0.39 is 5.97 Å². The minimum atomic E-state index is -0.873. The Kier molecular flexibility index (Phi) is 6.10. The van der Waals surface area contributed by atoms with Crippen LogP contribution in [0.25, 0.3) is 11.1 Å². The van der Waals surface area contributed by atoms with Crippen molar-refractivity contribution in [3.05, 3.63) is 72.2 Å². The lowest BCUT2D eigenvalue weighted by Gasteiger charge is -2.18. The average molecular weight is 376 g/mol. The summed E-state index contributed by atoms with van der Waals surface area (Å²) in [6.07, 6.45) is 3.24. The molecule has 28 heavy (non-hydrogen) atoms. The Labute approximate surface area is 163 Å². The third-order valence-corrected chi connectivity index (χ3v) is 4.43. The SMILES string of the molecule is COCC(CC(=O)O)c1ccc(-c2ccoc2)c(Nc2ccc(C#N)cc2)c1. The normalized spacial score (nSPS) is 11.6. The van der Waals surface area contributed by atoms with Crippen LogP contribution >= 0.6 is 0 Å². The van der Waals surface area contributed by atoms with Crippen LogP contribution in [0.5, 0.6) is 0 Å². The standard InChI is InChI=1S/C22H20N2O4/c1-27-13-18(11-22(25)26)16-4-7-20(17-8-9-28-14-17)21(10-16)24-19-5-2-15(12-23)3-6-19/h2-10,14,18,24H,11,13H2,1H3,(H,25,26). The van der Waals surface area contributed by atoms with Crippen LogP contribution in [-0.4, -0.2) is 24.8 Å². The number of carboxylic acids is 1. The smallest absolute Gasteiger partial charge is 0.304 e. The fourth-order valence-corrected chi connectivity index (χ4v) is 3.06. The number of anilines is 2. The second-order valence-corrected chi connectivity index (χ2v) is 6.38. The number of benzene rings is 2. The zero-order chi connectivity index (χ0) is 19.9. The maximum atomic E-state index is 11.2. The molecule has 0 radical (unpaired) electrons. The predicted octanol–water partition coefficient (Wildman–Crippen LogP) is 4.77. The van der Waals surface area contributed by atoms with Gasteiger partial charge in [-0.25, -0.2) is 0 Å². The molecule has 0 saturated heterocycles. The first kappa shape index (κ1) is 19.2. The lowest BCUT2D eigenvalue weighted by Crippen LogP contribution is -2.12.